The second-order valence-electron chi connectivity index (χ2n) is 6.96. The minimum atomic E-state index is -0.479. The summed E-state index contributed by atoms with van der Waals surface area (Å²) in [6.07, 6.45) is 0. The lowest BCUT2D eigenvalue weighted by molar-refractivity contribution is -0.384. The number of nitrogens with one attached hydrogen (secondary N) is 1. The third kappa shape index (κ3) is 3.93. The van der Waals surface area contributed by atoms with Crippen molar-refractivity contribution in [1.82, 2.24) is 4.98 Å². The topological polar surface area (TPSA) is 94.4 Å². The number of methoxy groups -OCH3 is 1. The largest absolute Gasteiger partial charge is 0.497 e. The molecule has 1 amide bonds. The molecule has 0 aliphatic heterocycles. The number of non-ortho nitro benzene ring substituents is 1. The van der Waals surface area contributed by atoms with Crippen LogP contribution in [-0.4, -0.2) is 22.9 Å². The minimum Gasteiger partial charge on any atom is -0.497 e. The molecule has 4 rings (SSSR count). The summed E-state index contributed by atoms with van der Waals surface area (Å²) in [5.74, 6) is 0.429. The van der Waals surface area contributed by atoms with E-state index in [0.29, 0.717) is 22.5 Å². The fourth-order valence-electron chi connectivity index (χ4n) is 3.49. The number of carbonyl (C=O) groups is 1. The maximum Gasteiger partial charge on any atom is 0.269 e. The summed E-state index contributed by atoms with van der Waals surface area (Å²) in [6.45, 7) is 1.86. The second kappa shape index (κ2) is 8.23. The summed E-state index contributed by atoms with van der Waals surface area (Å²) >= 11 is 0. The standard InChI is InChI=1S/C24H19N3O4/c1-15-22(24(28)25-17-9-11-18(12-10-17)27(29)30)20-5-3-4-6-21(20)26-23(15)16-7-13-19(31-2)14-8-16/h3-14H,1-2H3,(H,25,28). The molecule has 1 heterocycles. The fraction of sp³-hybridized carbons (Fsp3) is 0.0833. The number of ether oxygens (including phenoxy) is 1. The highest BCUT2D eigenvalue weighted by Crippen LogP contribution is 2.31. The lowest BCUT2D eigenvalue weighted by atomic mass is 9.97. The summed E-state index contributed by atoms with van der Waals surface area (Å²) in [6, 6.07) is 20.7. The molecule has 0 bridgehead atoms. The van der Waals surface area contributed by atoms with Gasteiger partial charge in [-0.2, -0.15) is 0 Å². The van der Waals surface area contributed by atoms with Crippen LogP contribution >= 0.6 is 0 Å². The first-order valence-electron chi connectivity index (χ1n) is 9.57. The van der Waals surface area contributed by atoms with Gasteiger partial charge in [-0.05, 0) is 55.0 Å². The molecule has 0 saturated carbocycles. The summed E-state index contributed by atoms with van der Waals surface area (Å²) < 4.78 is 5.23. The third-order valence-corrected chi connectivity index (χ3v) is 5.06. The van der Waals surface area contributed by atoms with Gasteiger partial charge in [0.1, 0.15) is 5.75 Å². The van der Waals surface area contributed by atoms with Crippen molar-refractivity contribution in [3.8, 4) is 17.0 Å². The van der Waals surface area contributed by atoms with Crippen molar-refractivity contribution in [2.24, 2.45) is 0 Å². The Morgan fingerprint density at radius 2 is 1.68 bits per heavy atom. The molecule has 0 fully saturated rings. The van der Waals surface area contributed by atoms with E-state index in [-0.39, 0.29) is 11.6 Å². The maximum atomic E-state index is 13.3. The zero-order valence-corrected chi connectivity index (χ0v) is 17.0. The van der Waals surface area contributed by atoms with E-state index in [1.165, 1.54) is 24.3 Å². The molecule has 0 radical (unpaired) electrons. The van der Waals surface area contributed by atoms with Gasteiger partial charge in [-0.1, -0.05) is 18.2 Å². The summed E-state index contributed by atoms with van der Waals surface area (Å²) in [5, 5.41) is 14.4. The molecule has 3 aromatic carbocycles. The van der Waals surface area contributed by atoms with E-state index < -0.39 is 4.92 Å². The molecule has 7 heteroatoms. The van der Waals surface area contributed by atoms with Gasteiger partial charge in [0.25, 0.3) is 11.6 Å². The van der Waals surface area contributed by atoms with Crippen LogP contribution in [0, 0.1) is 17.0 Å². The molecular formula is C24H19N3O4. The number of carbonyl (C=O) groups excluding carboxylic acids is 1. The Balaban J connectivity index is 1.79. The van der Waals surface area contributed by atoms with Crippen LogP contribution in [0.1, 0.15) is 15.9 Å². The zero-order valence-electron chi connectivity index (χ0n) is 17.0. The van der Waals surface area contributed by atoms with E-state index in [4.69, 9.17) is 9.72 Å². The molecule has 7 nitrogen and oxygen atoms in total. The number of pyridine rings is 1. The van der Waals surface area contributed by atoms with Crippen LogP contribution < -0.4 is 10.1 Å². The van der Waals surface area contributed by atoms with Gasteiger partial charge in [-0.3, -0.25) is 14.9 Å². The number of nitro groups is 1. The molecule has 0 spiro atoms. The predicted octanol–water partition coefficient (Wildman–Crippen LogP) is 5.38. The molecule has 31 heavy (non-hydrogen) atoms. The van der Waals surface area contributed by atoms with Gasteiger partial charge in [0.2, 0.25) is 0 Å². The third-order valence-electron chi connectivity index (χ3n) is 5.06. The molecule has 1 aromatic heterocycles. The van der Waals surface area contributed by atoms with Gasteiger partial charge in [0.05, 0.1) is 28.8 Å². The van der Waals surface area contributed by atoms with E-state index in [1.807, 2.05) is 55.5 Å². The number of hydrogen-bond acceptors (Lipinski definition) is 5. The Kier molecular flexibility index (Phi) is 5.32. The fourth-order valence-corrected chi connectivity index (χ4v) is 3.49. The lowest BCUT2D eigenvalue weighted by Gasteiger charge is -2.15. The molecule has 0 unspecified atom stereocenters. The highest BCUT2D eigenvalue weighted by molar-refractivity contribution is 6.14. The number of hydrogen-bond donors (Lipinski definition) is 1. The van der Waals surface area contributed by atoms with Gasteiger partial charge in [-0.15, -0.1) is 0 Å². The van der Waals surface area contributed by atoms with Gasteiger partial charge >= 0.3 is 0 Å². The molecule has 0 saturated heterocycles. The van der Waals surface area contributed by atoms with Gasteiger partial charge in [0.15, 0.2) is 0 Å². The van der Waals surface area contributed by atoms with Crippen molar-refractivity contribution in [2.75, 3.05) is 12.4 Å². The van der Waals surface area contributed by atoms with Gasteiger partial charge in [0, 0.05) is 28.8 Å². The number of nitrogens with zero attached hydrogens (tertiary/aromatic N) is 2. The van der Waals surface area contributed by atoms with Gasteiger partial charge in [-0.25, -0.2) is 4.98 Å². The predicted molar refractivity (Wildman–Crippen MR) is 120 cm³/mol. The molecule has 154 valence electrons. The number of amides is 1. The molecule has 4 aromatic rings. The smallest absolute Gasteiger partial charge is 0.269 e. The Labute approximate surface area is 178 Å². The monoisotopic (exact) mass is 413 g/mol. The maximum absolute atomic E-state index is 13.3. The van der Waals surface area contributed by atoms with Gasteiger partial charge < -0.3 is 10.1 Å². The number of nitro benzene ring substituents is 1. The average molecular weight is 413 g/mol. The van der Waals surface area contributed by atoms with Crippen molar-refractivity contribution < 1.29 is 14.5 Å². The molecule has 0 atom stereocenters. The number of para-hydroxylation sites is 1. The highest BCUT2D eigenvalue weighted by Gasteiger charge is 2.19. The van der Waals surface area contributed by atoms with Crippen LogP contribution in [0.5, 0.6) is 5.75 Å². The van der Waals surface area contributed by atoms with Crippen molar-refractivity contribution in [3.63, 3.8) is 0 Å². The molecule has 0 aliphatic carbocycles. The van der Waals surface area contributed by atoms with Crippen LogP contribution in [0.3, 0.4) is 0 Å². The van der Waals surface area contributed by atoms with E-state index in [2.05, 4.69) is 5.32 Å². The highest BCUT2D eigenvalue weighted by atomic mass is 16.6. The zero-order chi connectivity index (χ0) is 22.0. The second-order valence-corrected chi connectivity index (χ2v) is 6.96. The first kappa shape index (κ1) is 20.0. The Morgan fingerprint density at radius 3 is 2.32 bits per heavy atom. The number of anilines is 1. The molecular weight excluding hydrogens is 394 g/mol. The van der Waals surface area contributed by atoms with Crippen molar-refractivity contribution >= 4 is 28.2 Å². The van der Waals surface area contributed by atoms with Crippen molar-refractivity contribution in [2.45, 2.75) is 6.92 Å². The van der Waals surface area contributed by atoms with Crippen LogP contribution in [-0.2, 0) is 0 Å². The number of benzene rings is 3. The Hall–Kier alpha value is -4.26. The number of rotatable bonds is 5. The normalized spacial score (nSPS) is 10.6. The Morgan fingerprint density at radius 1 is 1.00 bits per heavy atom. The van der Waals surface area contributed by atoms with Crippen LogP contribution in [0.4, 0.5) is 11.4 Å². The number of fused-ring (bicyclic) bond motifs is 1. The minimum absolute atomic E-state index is 0.0367. The average Bonchev–Trinajstić information content (AvgIpc) is 2.79. The SMILES string of the molecule is COc1ccc(-c2nc3ccccc3c(C(=O)Nc3ccc([N+](=O)[O-])cc3)c2C)cc1. The van der Waals surface area contributed by atoms with E-state index in [0.717, 1.165) is 22.3 Å². The molecule has 0 aliphatic rings. The summed E-state index contributed by atoms with van der Waals surface area (Å²) in [4.78, 5) is 28.4. The van der Waals surface area contributed by atoms with E-state index in [9.17, 15) is 14.9 Å². The summed E-state index contributed by atoms with van der Waals surface area (Å²) in [5.41, 5.74) is 3.96. The first-order valence-corrected chi connectivity index (χ1v) is 9.57. The summed E-state index contributed by atoms with van der Waals surface area (Å²) in [7, 11) is 1.61. The van der Waals surface area contributed by atoms with E-state index in [1.54, 1.807) is 7.11 Å². The van der Waals surface area contributed by atoms with Crippen LogP contribution in [0.25, 0.3) is 22.2 Å². The Bertz CT molecular complexity index is 1280. The number of aromatic nitrogens is 1. The van der Waals surface area contributed by atoms with E-state index >= 15 is 0 Å². The van der Waals surface area contributed by atoms with Crippen LogP contribution in [0.15, 0.2) is 72.8 Å². The van der Waals surface area contributed by atoms with Crippen LogP contribution in [0.2, 0.25) is 0 Å². The molecule has 1 N–H and O–H groups in total. The first-order chi connectivity index (χ1) is 15.0. The lowest BCUT2D eigenvalue weighted by Crippen LogP contribution is -2.15. The van der Waals surface area contributed by atoms with Crippen molar-refractivity contribution in [1.29, 1.82) is 0 Å². The quantitative estimate of drug-likeness (QED) is 0.350. The van der Waals surface area contributed by atoms with Crippen molar-refractivity contribution in [3.05, 3.63) is 94.0 Å².